The van der Waals surface area contributed by atoms with Crippen molar-refractivity contribution in [1.82, 2.24) is 19.9 Å². The number of fused-ring (bicyclic) bond motifs is 1. The Kier molecular flexibility index (Phi) is 5.61. The van der Waals surface area contributed by atoms with Gasteiger partial charge >= 0.3 is 0 Å². The third-order valence-electron chi connectivity index (χ3n) is 7.07. The highest BCUT2D eigenvalue weighted by atomic mass is 19.1. The van der Waals surface area contributed by atoms with Crippen LogP contribution in [0.15, 0.2) is 72.9 Å². The second-order valence-electron chi connectivity index (χ2n) is 9.53. The van der Waals surface area contributed by atoms with E-state index >= 15 is 0 Å². The molecule has 0 bridgehead atoms. The lowest BCUT2D eigenvalue weighted by molar-refractivity contribution is 0.443. The monoisotopic (exact) mass is 462 g/mol. The second-order valence-corrected chi connectivity index (χ2v) is 9.53. The standard InChI is InChI=1S/C30H27FN4/c1-19-7-13-24(25(31)17-19)27-15-16-28-30(33-27)35-29(34-28)23-12-14-26(32-18-23)22-10-8-21(9-11-22)20-5-3-2-4-6-20/h7-18,20H,2-6H2,1H3,(H,33,34,35). The van der Waals surface area contributed by atoms with Gasteiger partial charge in [0.1, 0.15) is 11.6 Å². The predicted molar refractivity (Wildman–Crippen MR) is 139 cm³/mol. The average Bonchev–Trinajstić information content (AvgIpc) is 3.33. The zero-order chi connectivity index (χ0) is 23.8. The number of hydrogen-bond donors (Lipinski definition) is 1. The molecule has 5 aromatic rings. The van der Waals surface area contributed by atoms with E-state index in [1.807, 2.05) is 43.5 Å². The van der Waals surface area contributed by atoms with Gasteiger partial charge in [-0.05, 0) is 73.2 Å². The van der Waals surface area contributed by atoms with Gasteiger partial charge in [0.05, 0.1) is 16.9 Å². The van der Waals surface area contributed by atoms with Crippen LogP contribution in [0.4, 0.5) is 4.39 Å². The van der Waals surface area contributed by atoms with E-state index < -0.39 is 0 Å². The highest BCUT2D eigenvalue weighted by Crippen LogP contribution is 2.33. The Balaban J connectivity index is 1.24. The molecule has 35 heavy (non-hydrogen) atoms. The summed E-state index contributed by atoms with van der Waals surface area (Å²) in [5.41, 5.74) is 7.67. The summed E-state index contributed by atoms with van der Waals surface area (Å²) < 4.78 is 14.4. The van der Waals surface area contributed by atoms with Crippen LogP contribution in [0.2, 0.25) is 0 Å². The minimum Gasteiger partial charge on any atom is -0.337 e. The van der Waals surface area contributed by atoms with E-state index in [2.05, 4.69) is 39.2 Å². The van der Waals surface area contributed by atoms with Crippen LogP contribution in [0.5, 0.6) is 0 Å². The fourth-order valence-corrected chi connectivity index (χ4v) is 5.07. The Hall–Kier alpha value is -3.86. The zero-order valence-electron chi connectivity index (χ0n) is 19.8. The molecule has 174 valence electrons. The molecule has 0 saturated heterocycles. The minimum absolute atomic E-state index is 0.279. The van der Waals surface area contributed by atoms with Crippen molar-refractivity contribution in [3.05, 3.63) is 89.9 Å². The van der Waals surface area contributed by atoms with E-state index in [1.54, 1.807) is 6.07 Å². The first kappa shape index (κ1) is 21.7. The number of hydrogen-bond acceptors (Lipinski definition) is 3. The third kappa shape index (κ3) is 4.34. The largest absolute Gasteiger partial charge is 0.337 e. The number of H-pyrrole nitrogens is 1. The summed E-state index contributed by atoms with van der Waals surface area (Å²) in [6.07, 6.45) is 8.51. The van der Waals surface area contributed by atoms with Crippen LogP contribution in [0.1, 0.15) is 49.1 Å². The van der Waals surface area contributed by atoms with Crippen LogP contribution in [-0.2, 0) is 0 Å². The maximum atomic E-state index is 14.4. The van der Waals surface area contributed by atoms with Crippen LogP contribution in [-0.4, -0.2) is 19.9 Å². The highest BCUT2D eigenvalue weighted by Gasteiger charge is 2.16. The van der Waals surface area contributed by atoms with Crippen LogP contribution in [0, 0.1) is 12.7 Å². The number of pyridine rings is 2. The Morgan fingerprint density at radius 2 is 1.57 bits per heavy atom. The molecule has 0 aliphatic heterocycles. The van der Waals surface area contributed by atoms with E-state index in [-0.39, 0.29) is 5.82 Å². The summed E-state index contributed by atoms with van der Waals surface area (Å²) >= 11 is 0. The van der Waals surface area contributed by atoms with Gasteiger partial charge in [0.15, 0.2) is 5.65 Å². The normalized spacial score (nSPS) is 14.5. The number of rotatable bonds is 4. The molecule has 1 N–H and O–H groups in total. The molecule has 1 fully saturated rings. The van der Waals surface area contributed by atoms with Gasteiger partial charge in [0, 0.05) is 22.9 Å². The van der Waals surface area contributed by atoms with Crippen molar-refractivity contribution >= 4 is 11.2 Å². The predicted octanol–water partition coefficient (Wildman–Crippen LogP) is 7.85. The van der Waals surface area contributed by atoms with Gasteiger partial charge in [0.25, 0.3) is 0 Å². The lowest BCUT2D eigenvalue weighted by Crippen LogP contribution is -2.04. The molecule has 2 aromatic carbocycles. The fraction of sp³-hybridized carbons (Fsp3) is 0.233. The molecule has 1 aliphatic carbocycles. The molecule has 0 unspecified atom stereocenters. The lowest BCUT2D eigenvalue weighted by Gasteiger charge is -2.22. The molecule has 3 heterocycles. The molecule has 4 nitrogen and oxygen atoms in total. The molecule has 0 spiro atoms. The van der Waals surface area contributed by atoms with Crippen molar-refractivity contribution in [2.75, 3.05) is 0 Å². The number of imidazole rings is 1. The van der Waals surface area contributed by atoms with Crippen LogP contribution in [0.25, 0.3) is 45.1 Å². The first-order chi connectivity index (χ1) is 17.1. The Labute approximate surface area is 204 Å². The molecule has 6 rings (SSSR count). The van der Waals surface area contributed by atoms with Gasteiger partial charge in [-0.15, -0.1) is 0 Å². The Bertz CT molecular complexity index is 1480. The van der Waals surface area contributed by atoms with Crippen LogP contribution in [0.3, 0.4) is 0 Å². The van der Waals surface area contributed by atoms with E-state index in [9.17, 15) is 4.39 Å². The van der Waals surface area contributed by atoms with Crippen molar-refractivity contribution in [2.45, 2.75) is 44.9 Å². The van der Waals surface area contributed by atoms with Crippen molar-refractivity contribution in [2.24, 2.45) is 0 Å². The van der Waals surface area contributed by atoms with E-state index in [0.29, 0.717) is 28.6 Å². The molecule has 1 aliphatic rings. The average molecular weight is 463 g/mol. The van der Waals surface area contributed by atoms with Gasteiger partial charge < -0.3 is 4.98 Å². The number of nitrogens with one attached hydrogen (secondary N) is 1. The first-order valence-corrected chi connectivity index (χ1v) is 12.3. The number of halogens is 1. The maximum Gasteiger partial charge on any atom is 0.178 e. The first-order valence-electron chi connectivity index (χ1n) is 12.3. The number of benzene rings is 2. The summed E-state index contributed by atoms with van der Waals surface area (Å²) in [7, 11) is 0. The molecular formula is C30H27FN4. The van der Waals surface area contributed by atoms with Crippen molar-refractivity contribution in [3.8, 4) is 33.9 Å². The second kappa shape index (κ2) is 9.06. The summed E-state index contributed by atoms with van der Waals surface area (Å²) in [5.74, 6) is 1.12. The van der Waals surface area contributed by atoms with Crippen molar-refractivity contribution < 1.29 is 4.39 Å². The molecular weight excluding hydrogens is 435 g/mol. The van der Waals surface area contributed by atoms with Gasteiger partial charge in [-0.2, -0.15) is 0 Å². The Morgan fingerprint density at radius 3 is 2.31 bits per heavy atom. The van der Waals surface area contributed by atoms with Gasteiger partial charge in [-0.25, -0.2) is 14.4 Å². The number of aromatic nitrogens is 4. The van der Waals surface area contributed by atoms with Gasteiger partial charge in [0.2, 0.25) is 0 Å². The smallest absolute Gasteiger partial charge is 0.178 e. The Morgan fingerprint density at radius 1 is 0.800 bits per heavy atom. The molecule has 0 atom stereocenters. The lowest BCUT2D eigenvalue weighted by atomic mass is 9.84. The summed E-state index contributed by atoms with van der Waals surface area (Å²) in [6, 6.07) is 21.8. The third-order valence-corrected chi connectivity index (χ3v) is 7.07. The number of aryl methyl sites for hydroxylation is 1. The zero-order valence-corrected chi connectivity index (χ0v) is 19.8. The minimum atomic E-state index is -0.279. The summed E-state index contributed by atoms with van der Waals surface area (Å²) in [4.78, 5) is 17.2. The summed E-state index contributed by atoms with van der Waals surface area (Å²) in [5, 5.41) is 0. The topological polar surface area (TPSA) is 54.5 Å². The van der Waals surface area contributed by atoms with E-state index in [1.165, 1.54) is 43.7 Å². The van der Waals surface area contributed by atoms with Crippen molar-refractivity contribution in [3.63, 3.8) is 0 Å². The molecule has 1 saturated carbocycles. The molecule has 0 radical (unpaired) electrons. The fourth-order valence-electron chi connectivity index (χ4n) is 5.07. The van der Waals surface area contributed by atoms with Crippen LogP contribution < -0.4 is 0 Å². The van der Waals surface area contributed by atoms with E-state index in [0.717, 1.165) is 27.9 Å². The molecule has 0 amide bonds. The maximum absolute atomic E-state index is 14.4. The van der Waals surface area contributed by atoms with E-state index in [4.69, 9.17) is 4.98 Å². The highest BCUT2D eigenvalue weighted by molar-refractivity contribution is 5.79. The number of nitrogens with zero attached hydrogens (tertiary/aromatic N) is 3. The SMILES string of the molecule is Cc1ccc(-c2ccc3[nH]c(-c4ccc(-c5ccc(C6CCCCC6)cc5)nc4)nc3n2)c(F)c1. The van der Waals surface area contributed by atoms with Crippen molar-refractivity contribution in [1.29, 1.82) is 0 Å². The van der Waals surface area contributed by atoms with Crippen LogP contribution >= 0.6 is 0 Å². The molecule has 3 aromatic heterocycles. The van der Waals surface area contributed by atoms with Gasteiger partial charge in [-0.1, -0.05) is 49.6 Å². The van der Waals surface area contributed by atoms with Gasteiger partial charge in [-0.3, -0.25) is 4.98 Å². The number of aromatic amines is 1. The molecule has 5 heteroatoms. The summed E-state index contributed by atoms with van der Waals surface area (Å²) in [6.45, 7) is 1.87. The quantitative estimate of drug-likeness (QED) is 0.296.